The van der Waals surface area contributed by atoms with Crippen molar-refractivity contribution in [3.8, 4) is 0 Å². The quantitative estimate of drug-likeness (QED) is 0.753. The molecule has 0 aromatic heterocycles. The van der Waals surface area contributed by atoms with Gasteiger partial charge in [0.25, 0.3) is 0 Å². The summed E-state index contributed by atoms with van der Waals surface area (Å²) in [6, 6.07) is 0.237. The first-order chi connectivity index (χ1) is 7.40. The minimum absolute atomic E-state index is 0.237. The second-order valence-corrected chi connectivity index (χ2v) is 5.14. The zero-order valence-electron chi connectivity index (χ0n) is 10.4. The van der Waals surface area contributed by atoms with Crippen LogP contribution in [0.2, 0.25) is 0 Å². The number of amides is 1. The first-order valence-electron chi connectivity index (χ1n) is 5.59. The Hall–Kier alpha value is -1.19. The van der Waals surface area contributed by atoms with Crippen molar-refractivity contribution >= 4 is 6.09 Å². The number of alkyl carbamates (subject to hydrolysis) is 1. The maximum Gasteiger partial charge on any atom is 0.407 e. The lowest BCUT2D eigenvalue weighted by atomic mass is 9.80. The summed E-state index contributed by atoms with van der Waals surface area (Å²) in [6.45, 7) is 5.58. The first-order valence-corrected chi connectivity index (χ1v) is 5.59. The average Bonchev–Trinajstić information content (AvgIpc) is 2.05. The summed E-state index contributed by atoms with van der Waals surface area (Å²) in [4.78, 5) is 11.4. The number of ether oxygens (including phenoxy) is 2. The summed E-state index contributed by atoms with van der Waals surface area (Å²) < 4.78 is 10.0. The van der Waals surface area contributed by atoms with Gasteiger partial charge < -0.3 is 14.8 Å². The van der Waals surface area contributed by atoms with E-state index >= 15 is 0 Å². The third-order valence-electron chi connectivity index (χ3n) is 2.38. The molecule has 0 bridgehead atoms. The van der Waals surface area contributed by atoms with Crippen LogP contribution in [0.1, 0.15) is 33.6 Å². The van der Waals surface area contributed by atoms with E-state index in [-0.39, 0.29) is 12.1 Å². The Kier molecular flexibility index (Phi) is 4.21. The predicted octanol–water partition coefficient (Wildman–Crippen LogP) is 2.45. The van der Waals surface area contributed by atoms with Crippen molar-refractivity contribution in [1.82, 2.24) is 5.32 Å². The number of rotatable bonds is 3. The van der Waals surface area contributed by atoms with E-state index in [2.05, 4.69) is 5.32 Å². The Balaban J connectivity index is 2.17. The van der Waals surface area contributed by atoms with E-state index in [0.29, 0.717) is 5.92 Å². The van der Waals surface area contributed by atoms with Crippen molar-refractivity contribution in [3.63, 3.8) is 0 Å². The fourth-order valence-electron chi connectivity index (χ4n) is 1.60. The fourth-order valence-corrected chi connectivity index (χ4v) is 1.60. The molecule has 0 radical (unpaired) electrons. The third-order valence-corrected chi connectivity index (χ3v) is 2.38. The Morgan fingerprint density at radius 1 is 1.38 bits per heavy atom. The lowest BCUT2D eigenvalue weighted by Gasteiger charge is -2.34. The smallest absolute Gasteiger partial charge is 0.407 e. The highest BCUT2D eigenvalue weighted by Crippen LogP contribution is 2.28. The SMILES string of the molecule is COC=CC1CC(NC(=O)OC(C)(C)C)C1. The highest BCUT2D eigenvalue weighted by atomic mass is 16.6. The number of allylic oxidation sites excluding steroid dienone is 1. The number of hydrogen-bond donors (Lipinski definition) is 1. The van der Waals surface area contributed by atoms with Crippen molar-refractivity contribution < 1.29 is 14.3 Å². The van der Waals surface area contributed by atoms with E-state index in [1.54, 1.807) is 13.4 Å². The van der Waals surface area contributed by atoms with Crippen LogP contribution in [-0.4, -0.2) is 24.8 Å². The second-order valence-electron chi connectivity index (χ2n) is 5.14. The summed E-state index contributed by atoms with van der Waals surface area (Å²) in [5, 5.41) is 2.84. The zero-order valence-corrected chi connectivity index (χ0v) is 10.4. The maximum atomic E-state index is 11.4. The molecule has 0 unspecified atom stereocenters. The van der Waals surface area contributed by atoms with E-state index < -0.39 is 5.60 Å². The van der Waals surface area contributed by atoms with Crippen LogP contribution in [0.5, 0.6) is 0 Å². The normalized spacial score (nSPS) is 25.0. The monoisotopic (exact) mass is 227 g/mol. The van der Waals surface area contributed by atoms with Crippen molar-refractivity contribution in [2.45, 2.75) is 45.3 Å². The molecule has 0 spiro atoms. The van der Waals surface area contributed by atoms with Crippen LogP contribution in [0.25, 0.3) is 0 Å². The van der Waals surface area contributed by atoms with E-state index in [9.17, 15) is 4.79 Å². The molecule has 0 saturated heterocycles. The van der Waals surface area contributed by atoms with Gasteiger partial charge in [-0.2, -0.15) is 0 Å². The average molecular weight is 227 g/mol. The lowest BCUT2D eigenvalue weighted by Crippen LogP contribution is -2.45. The molecule has 0 atom stereocenters. The molecule has 1 rings (SSSR count). The standard InChI is InChI=1S/C12H21NO3/c1-12(2,3)16-11(14)13-10-7-9(8-10)5-6-15-4/h5-6,9-10H,7-8H2,1-4H3,(H,13,14). The number of carbonyl (C=O) groups excluding carboxylic acids is 1. The van der Waals surface area contributed by atoms with Gasteiger partial charge in [0.2, 0.25) is 0 Å². The van der Waals surface area contributed by atoms with Crippen LogP contribution in [0.15, 0.2) is 12.3 Å². The van der Waals surface area contributed by atoms with Crippen molar-refractivity contribution in [2.75, 3.05) is 7.11 Å². The first kappa shape index (κ1) is 12.9. The Bertz CT molecular complexity index is 262. The van der Waals surface area contributed by atoms with Gasteiger partial charge in [-0.05, 0) is 45.6 Å². The number of hydrogen-bond acceptors (Lipinski definition) is 3. The molecule has 1 amide bonds. The highest BCUT2D eigenvalue weighted by molar-refractivity contribution is 5.68. The topological polar surface area (TPSA) is 47.6 Å². The number of nitrogens with one attached hydrogen (secondary N) is 1. The molecule has 1 N–H and O–H groups in total. The molecule has 1 fully saturated rings. The van der Waals surface area contributed by atoms with Gasteiger partial charge in [0, 0.05) is 6.04 Å². The van der Waals surface area contributed by atoms with Crippen molar-refractivity contribution in [3.05, 3.63) is 12.3 Å². The molecule has 1 aliphatic rings. The predicted molar refractivity (Wildman–Crippen MR) is 62.0 cm³/mol. The summed E-state index contributed by atoms with van der Waals surface area (Å²) >= 11 is 0. The molecule has 0 aliphatic heterocycles. The van der Waals surface area contributed by atoms with E-state index in [4.69, 9.17) is 9.47 Å². The van der Waals surface area contributed by atoms with Crippen molar-refractivity contribution in [1.29, 1.82) is 0 Å². The Labute approximate surface area is 97.0 Å². The molecule has 16 heavy (non-hydrogen) atoms. The molecule has 0 heterocycles. The molecule has 1 saturated carbocycles. The minimum Gasteiger partial charge on any atom is -0.505 e. The van der Waals surface area contributed by atoms with Gasteiger partial charge >= 0.3 is 6.09 Å². The van der Waals surface area contributed by atoms with E-state index in [1.165, 1.54) is 0 Å². The Morgan fingerprint density at radius 3 is 2.50 bits per heavy atom. The van der Waals surface area contributed by atoms with Crippen LogP contribution in [0.3, 0.4) is 0 Å². The fraction of sp³-hybridized carbons (Fsp3) is 0.750. The summed E-state index contributed by atoms with van der Waals surface area (Å²) in [6.07, 6.45) is 5.30. The van der Waals surface area contributed by atoms with Crippen LogP contribution in [0.4, 0.5) is 4.79 Å². The maximum absolute atomic E-state index is 11.4. The largest absolute Gasteiger partial charge is 0.505 e. The highest BCUT2D eigenvalue weighted by Gasteiger charge is 2.29. The molecule has 0 aromatic rings. The van der Waals surface area contributed by atoms with Crippen LogP contribution < -0.4 is 5.32 Å². The number of carbonyl (C=O) groups is 1. The van der Waals surface area contributed by atoms with Gasteiger partial charge in [-0.3, -0.25) is 0 Å². The molecular formula is C12H21NO3. The van der Waals surface area contributed by atoms with Gasteiger partial charge in [-0.15, -0.1) is 0 Å². The van der Waals surface area contributed by atoms with Gasteiger partial charge in [0.1, 0.15) is 5.60 Å². The molecule has 1 aliphatic carbocycles. The van der Waals surface area contributed by atoms with Crippen LogP contribution >= 0.6 is 0 Å². The van der Waals surface area contributed by atoms with Gasteiger partial charge in [-0.1, -0.05) is 0 Å². The van der Waals surface area contributed by atoms with E-state index in [0.717, 1.165) is 12.8 Å². The Morgan fingerprint density at radius 2 is 2.00 bits per heavy atom. The van der Waals surface area contributed by atoms with Crippen LogP contribution in [-0.2, 0) is 9.47 Å². The summed E-state index contributed by atoms with van der Waals surface area (Å²) in [7, 11) is 1.63. The second kappa shape index (κ2) is 5.23. The molecular weight excluding hydrogens is 206 g/mol. The molecule has 4 heteroatoms. The summed E-state index contributed by atoms with van der Waals surface area (Å²) in [5.41, 5.74) is -0.427. The van der Waals surface area contributed by atoms with Crippen LogP contribution in [0, 0.1) is 5.92 Å². The molecule has 92 valence electrons. The minimum atomic E-state index is -0.427. The molecule has 4 nitrogen and oxygen atoms in total. The lowest BCUT2D eigenvalue weighted by molar-refractivity contribution is 0.0464. The third kappa shape index (κ3) is 4.55. The van der Waals surface area contributed by atoms with Crippen molar-refractivity contribution in [2.24, 2.45) is 5.92 Å². The summed E-state index contributed by atoms with van der Waals surface area (Å²) in [5.74, 6) is 0.514. The van der Waals surface area contributed by atoms with Gasteiger partial charge in [-0.25, -0.2) is 4.79 Å². The van der Waals surface area contributed by atoms with Gasteiger partial charge in [0.15, 0.2) is 0 Å². The molecule has 0 aromatic carbocycles. The van der Waals surface area contributed by atoms with E-state index in [1.807, 2.05) is 26.8 Å². The zero-order chi connectivity index (χ0) is 12.2. The number of methoxy groups -OCH3 is 1. The van der Waals surface area contributed by atoms with Gasteiger partial charge in [0.05, 0.1) is 13.4 Å².